The van der Waals surface area contributed by atoms with Crippen LogP contribution in [0.5, 0.6) is 0 Å². The number of alkyl carbamates (subject to hydrolysis) is 1. The van der Waals surface area contributed by atoms with Crippen molar-refractivity contribution >= 4 is 18.0 Å². The van der Waals surface area contributed by atoms with Gasteiger partial charge in [-0.2, -0.15) is 0 Å². The van der Waals surface area contributed by atoms with Crippen LogP contribution in [0.2, 0.25) is 0 Å². The number of hydrogen-bond acceptors (Lipinski definition) is 5. The van der Waals surface area contributed by atoms with Crippen LogP contribution in [0.4, 0.5) is 4.79 Å². The lowest BCUT2D eigenvalue weighted by atomic mass is 9.53. The fourth-order valence-corrected chi connectivity index (χ4v) is 4.16. The number of esters is 1. The van der Waals surface area contributed by atoms with E-state index in [1.54, 1.807) is 13.8 Å². The topological polar surface area (TPSA) is 102 Å². The number of carboxylic acid groups (broad SMARTS) is 1. The monoisotopic (exact) mass is 367 g/mol. The van der Waals surface area contributed by atoms with Gasteiger partial charge in [-0.1, -0.05) is 32.4 Å². The van der Waals surface area contributed by atoms with Gasteiger partial charge in [0.15, 0.2) is 0 Å². The zero-order valence-corrected chi connectivity index (χ0v) is 15.9. The molecular weight excluding hydrogens is 338 g/mol. The van der Waals surface area contributed by atoms with E-state index < -0.39 is 29.7 Å². The van der Waals surface area contributed by atoms with Crippen LogP contribution in [0.25, 0.3) is 0 Å². The van der Waals surface area contributed by atoms with Crippen molar-refractivity contribution in [2.24, 2.45) is 23.2 Å². The van der Waals surface area contributed by atoms with Crippen LogP contribution in [0.3, 0.4) is 0 Å². The molecule has 1 amide bonds. The summed E-state index contributed by atoms with van der Waals surface area (Å²) >= 11 is 0. The summed E-state index contributed by atoms with van der Waals surface area (Å²) in [5.41, 5.74) is 0.894. The summed E-state index contributed by atoms with van der Waals surface area (Å²) in [6.07, 6.45) is 3.33. The van der Waals surface area contributed by atoms with E-state index in [4.69, 9.17) is 9.47 Å². The Morgan fingerprint density at radius 1 is 1.35 bits per heavy atom. The molecule has 0 aromatic heterocycles. The van der Waals surface area contributed by atoms with Crippen LogP contribution in [0.15, 0.2) is 11.6 Å². The van der Waals surface area contributed by atoms with E-state index in [0.29, 0.717) is 5.92 Å². The molecule has 0 aliphatic heterocycles. The van der Waals surface area contributed by atoms with Gasteiger partial charge in [-0.3, -0.25) is 9.59 Å². The normalized spacial score (nSPS) is 27.8. The molecule has 1 fully saturated rings. The number of fused-ring (bicyclic) bond motifs is 1. The van der Waals surface area contributed by atoms with Gasteiger partial charge in [0.25, 0.3) is 6.29 Å². The molecule has 0 unspecified atom stereocenters. The van der Waals surface area contributed by atoms with Crippen molar-refractivity contribution in [3.8, 4) is 0 Å². The average molecular weight is 367 g/mol. The number of nitrogens with one attached hydrogen (secondary N) is 1. The second-order valence-electron chi connectivity index (χ2n) is 7.79. The average Bonchev–Trinajstić information content (AvgIpc) is 2.88. The van der Waals surface area contributed by atoms with Crippen LogP contribution in [-0.2, 0) is 19.1 Å². The lowest BCUT2D eigenvalue weighted by molar-refractivity contribution is -0.172. The number of aliphatic carboxylic acids is 1. The first-order valence-corrected chi connectivity index (χ1v) is 9.20. The highest BCUT2D eigenvalue weighted by Gasteiger charge is 2.55. The van der Waals surface area contributed by atoms with E-state index in [2.05, 4.69) is 18.3 Å². The maximum absolute atomic E-state index is 12.1. The number of carboxylic acids is 1. The number of hydrogen-bond donors (Lipinski definition) is 2. The quantitative estimate of drug-likeness (QED) is 0.388. The Labute approximate surface area is 154 Å². The van der Waals surface area contributed by atoms with Crippen molar-refractivity contribution in [3.63, 3.8) is 0 Å². The van der Waals surface area contributed by atoms with Crippen LogP contribution in [-0.4, -0.2) is 36.0 Å². The van der Waals surface area contributed by atoms with Gasteiger partial charge in [0.1, 0.15) is 0 Å². The lowest BCUT2D eigenvalue weighted by Gasteiger charge is -2.51. The minimum absolute atomic E-state index is 0.0134. The molecule has 0 aromatic carbocycles. The predicted molar refractivity (Wildman–Crippen MR) is 94.1 cm³/mol. The highest BCUT2D eigenvalue weighted by atomic mass is 16.7. The molecule has 7 heteroatoms. The van der Waals surface area contributed by atoms with Crippen LogP contribution in [0, 0.1) is 23.2 Å². The van der Waals surface area contributed by atoms with Crippen molar-refractivity contribution in [3.05, 3.63) is 11.6 Å². The first-order chi connectivity index (χ1) is 12.2. The minimum atomic E-state index is -0.963. The van der Waals surface area contributed by atoms with Gasteiger partial charge in [-0.15, -0.1) is 0 Å². The van der Waals surface area contributed by atoms with E-state index in [0.717, 1.165) is 19.3 Å². The smallest absolute Gasteiger partial charge is 0.410 e. The summed E-state index contributed by atoms with van der Waals surface area (Å²) in [4.78, 5) is 34.6. The fraction of sp³-hybridized carbons (Fsp3) is 0.737. The highest BCUT2D eigenvalue weighted by molar-refractivity contribution is 5.70. The molecule has 0 bridgehead atoms. The van der Waals surface area contributed by atoms with Gasteiger partial charge >= 0.3 is 18.0 Å². The van der Waals surface area contributed by atoms with E-state index in [9.17, 15) is 19.5 Å². The molecule has 2 rings (SSSR count). The van der Waals surface area contributed by atoms with Gasteiger partial charge in [0.2, 0.25) is 0 Å². The summed E-state index contributed by atoms with van der Waals surface area (Å²) in [6, 6.07) is 0. The van der Waals surface area contributed by atoms with Crippen LogP contribution >= 0.6 is 0 Å². The summed E-state index contributed by atoms with van der Waals surface area (Å²) in [6.45, 7) is 7.15. The molecule has 0 saturated heterocycles. The minimum Gasteiger partial charge on any atom is -0.481 e. The van der Waals surface area contributed by atoms with Crippen molar-refractivity contribution < 1.29 is 29.0 Å². The maximum atomic E-state index is 12.1. The highest BCUT2D eigenvalue weighted by Crippen LogP contribution is 2.59. The number of rotatable bonds is 8. The van der Waals surface area contributed by atoms with Gasteiger partial charge in [0, 0.05) is 24.8 Å². The standard InChI is InChI=1S/C19H29NO6/c1-5-13-6-14-8-19(9-16(22)23,15(14)7-13)10-20-18(24)26-17(11(2)3)25-12(4)21/h7,11,14-15,17H,5-6,8-10H2,1-4H3,(H,20,24)(H,22,23)/t14-,15-,17-,19-/m0/s1. The van der Waals surface area contributed by atoms with Crippen LogP contribution in [0.1, 0.15) is 53.4 Å². The SMILES string of the molecule is CCC1=C[C@H]2[C@@H](C1)C[C@@]2(CNC(=O)O[C@H](OC(C)=O)C(C)C)CC(=O)O. The van der Waals surface area contributed by atoms with E-state index in [-0.39, 0.29) is 24.8 Å². The van der Waals surface area contributed by atoms with E-state index in [1.165, 1.54) is 12.5 Å². The number of carbonyl (C=O) groups excluding carboxylic acids is 2. The third-order valence-electron chi connectivity index (χ3n) is 5.42. The Morgan fingerprint density at radius 3 is 2.58 bits per heavy atom. The molecule has 2 aliphatic rings. The Bertz CT molecular complexity index is 599. The molecule has 4 atom stereocenters. The van der Waals surface area contributed by atoms with Crippen molar-refractivity contribution in [1.29, 1.82) is 0 Å². The molecule has 0 radical (unpaired) electrons. The van der Waals surface area contributed by atoms with Gasteiger partial charge in [-0.25, -0.2) is 4.79 Å². The lowest BCUT2D eigenvalue weighted by Crippen LogP contribution is -2.53. The molecule has 0 aromatic rings. The van der Waals surface area contributed by atoms with Gasteiger partial charge < -0.3 is 19.9 Å². The molecule has 7 nitrogen and oxygen atoms in total. The number of amides is 1. The largest absolute Gasteiger partial charge is 0.481 e. The second-order valence-corrected chi connectivity index (χ2v) is 7.79. The molecular formula is C19H29NO6. The van der Waals surface area contributed by atoms with Gasteiger partial charge in [0.05, 0.1) is 6.42 Å². The van der Waals surface area contributed by atoms with E-state index in [1.807, 2.05) is 0 Å². The molecule has 1 saturated carbocycles. The molecule has 26 heavy (non-hydrogen) atoms. The third kappa shape index (κ3) is 4.56. The third-order valence-corrected chi connectivity index (χ3v) is 5.42. The first-order valence-electron chi connectivity index (χ1n) is 9.20. The van der Waals surface area contributed by atoms with Crippen molar-refractivity contribution in [2.75, 3.05) is 6.54 Å². The Kier molecular flexibility index (Phi) is 6.31. The number of allylic oxidation sites excluding steroid dienone is 2. The summed E-state index contributed by atoms with van der Waals surface area (Å²) < 4.78 is 10.2. The van der Waals surface area contributed by atoms with E-state index >= 15 is 0 Å². The number of carbonyl (C=O) groups is 3. The molecule has 2 aliphatic carbocycles. The molecule has 0 spiro atoms. The summed E-state index contributed by atoms with van der Waals surface area (Å²) in [7, 11) is 0. The predicted octanol–water partition coefficient (Wildman–Crippen LogP) is 3.10. The summed E-state index contributed by atoms with van der Waals surface area (Å²) in [5.74, 6) is -0.911. The second kappa shape index (κ2) is 8.10. The number of ether oxygens (including phenoxy) is 2. The zero-order chi connectivity index (χ0) is 19.5. The Morgan fingerprint density at radius 2 is 2.04 bits per heavy atom. The zero-order valence-electron chi connectivity index (χ0n) is 15.9. The maximum Gasteiger partial charge on any atom is 0.410 e. The molecule has 0 heterocycles. The Hall–Kier alpha value is -2.05. The molecule has 2 N–H and O–H groups in total. The van der Waals surface area contributed by atoms with Crippen molar-refractivity contribution in [2.45, 2.75) is 59.7 Å². The van der Waals surface area contributed by atoms with Crippen molar-refractivity contribution in [1.82, 2.24) is 5.32 Å². The van der Waals surface area contributed by atoms with Gasteiger partial charge in [-0.05, 0) is 31.1 Å². The Balaban J connectivity index is 1.97. The first kappa shape index (κ1) is 20.3. The molecule has 146 valence electrons. The fourth-order valence-electron chi connectivity index (χ4n) is 4.16. The van der Waals surface area contributed by atoms with Crippen LogP contribution < -0.4 is 5.32 Å². The summed E-state index contributed by atoms with van der Waals surface area (Å²) in [5, 5.41) is 12.0.